The highest BCUT2D eigenvalue weighted by molar-refractivity contribution is 5.09. The van der Waals surface area contributed by atoms with Crippen LogP contribution in [0.15, 0.2) is 11.6 Å². The molecule has 0 aromatic carbocycles. The van der Waals surface area contributed by atoms with Crippen molar-refractivity contribution in [2.24, 2.45) is 34.0 Å². The Hall–Kier alpha value is -0.660. The molecule has 10 heteroatoms. The van der Waals surface area contributed by atoms with Crippen LogP contribution in [-0.4, -0.2) is 105 Å². The van der Waals surface area contributed by atoms with E-state index in [0.717, 1.165) is 44.1 Å². The fourth-order valence-electron chi connectivity index (χ4n) is 10.6. The Morgan fingerprint density at radius 2 is 1.60 bits per heavy atom. The standard InChI is InChI=1S/C43H78O10/c1-9-11-35-40(3,4)37(53-39-23-32(47)21-34(52-39)27-50-38-22-31(46)20-33(26-45)51-38)16-19-43(35,8)30-12-10-17-42(7,24-30)18-15-28(2)29(25-44)13-14-36(48)41(5,6)49/h13,28,30-39,44-49H,9-12,14-27H2,1-8H3. The second-order valence-electron chi connectivity index (χ2n) is 19.4. The van der Waals surface area contributed by atoms with Crippen molar-refractivity contribution < 1.29 is 49.6 Å². The van der Waals surface area contributed by atoms with Crippen LogP contribution < -0.4 is 0 Å². The molecule has 13 atom stereocenters. The minimum absolute atomic E-state index is 0.000529. The maximum absolute atomic E-state index is 10.9. The van der Waals surface area contributed by atoms with Gasteiger partial charge in [-0.05, 0) is 111 Å². The lowest BCUT2D eigenvalue weighted by atomic mass is 9.47. The molecule has 53 heavy (non-hydrogen) atoms. The van der Waals surface area contributed by atoms with Gasteiger partial charge in [-0.3, -0.25) is 0 Å². The Morgan fingerprint density at radius 1 is 0.943 bits per heavy atom. The van der Waals surface area contributed by atoms with Crippen molar-refractivity contribution in [3.8, 4) is 0 Å². The van der Waals surface area contributed by atoms with Crippen LogP contribution in [0, 0.1) is 34.0 Å². The van der Waals surface area contributed by atoms with Gasteiger partial charge in [-0.15, -0.1) is 0 Å². The summed E-state index contributed by atoms with van der Waals surface area (Å²) in [6.45, 7) is 17.5. The van der Waals surface area contributed by atoms with Crippen molar-refractivity contribution in [3.05, 3.63) is 11.6 Å². The van der Waals surface area contributed by atoms with Gasteiger partial charge in [0.1, 0.15) is 0 Å². The number of hydrogen-bond donors (Lipinski definition) is 6. The zero-order valence-electron chi connectivity index (χ0n) is 34.5. The van der Waals surface area contributed by atoms with Gasteiger partial charge in [0.2, 0.25) is 0 Å². The van der Waals surface area contributed by atoms with Crippen LogP contribution in [0.2, 0.25) is 0 Å². The zero-order valence-corrected chi connectivity index (χ0v) is 34.5. The Kier molecular flexibility index (Phi) is 16.3. The van der Waals surface area contributed by atoms with Crippen LogP contribution in [-0.2, 0) is 18.9 Å². The normalized spacial score (nSPS) is 39.8. The van der Waals surface area contributed by atoms with Gasteiger partial charge in [-0.1, -0.05) is 60.5 Å². The predicted molar refractivity (Wildman–Crippen MR) is 206 cm³/mol. The second-order valence-corrected chi connectivity index (χ2v) is 19.4. The van der Waals surface area contributed by atoms with E-state index in [0.29, 0.717) is 43.9 Å². The largest absolute Gasteiger partial charge is 0.394 e. The summed E-state index contributed by atoms with van der Waals surface area (Å²) in [4.78, 5) is 0. The molecule has 2 aliphatic carbocycles. The summed E-state index contributed by atoms with van der Waals surface area (Å²) >= 11 is 0. The summed E-state index contributed by atoms with van der Waals surface area (Å²) < 4.78 is 25.0. The maximum atomic E-state index is 10.9. The van der Waals surface area contributed by atoms with Gasteiger partial charge >= 0.3 is 0 Å². The van der Waals surface area contributed by atoms with E-state index in [1.807, 2.05) is 6.08 Å². The Morgan fingerprint density at radius 3 is 2.25 bits per heavy atom. The summed E-state index contributed by atoms with van der Waals surface area (Å²) in [5, 5.41) is 61.2. The first-order valence-electron chi connectivity index (χ1n) is 21.1. The van der Waals surface area contributed by atoms with Crippen LogP contribution in [0.4, 0.5) is 0 Å². The second kappa shape index (κ2) is 19.2. The molecule has 2 heterocycles. The van der Waals surface area contributed by atoms with Gasteiger partial charge < -0.3 is 49.6 Å². The van der Waals surface area contributed by atoms with E-state index in [4.69, 9.17) is 18.9 Å². The number of aliphatic hydroxyl groups is 6. The van der Waals surface area contributed by atoms with E-state index >= 15 is 0 Å². The van der Waals surface area contributed by atoms with Gasteiger partial charge in [0, 0.05) is 25.7 Å². The first kappa shape index (κ1) is 45.0. The van der Waals surface area contributed by atoms with Crippen LogP contribution in [0.1, 0.15) is 152 Å². The number of ether oxygens (including phenoxy) is 4. The average Bonchev–Trinajstić information content (AvgIpc) is 3.09. The van der Waals surface area contributed by atoms with Gasteiger partial charge in [0.25, 0.3) is 0 Å². The molecule has 2 saturated carbocycles. The maximum Gasteiger partial charge on any atom is 0.160 e. The van der Waals surface area contributed by atoms with Crippen LogP contribution in [0.3, 0.4) is 0 Å². The number of aliphatic hydroxyl groups excluding tert-OH is 5. The molecule has 0 bridgehead atoms. The molecule has 6 N–H and O–H groups in total. The first-order chi connectivity index (χ1) is 24.8. The van der Waals surface area contributed by atoms with Crippen molar-refractivity contribution in [2.45, 2.75) is 207 Å². The van der Waals surface area contributed by atoms with Crippen LogP contribution in [0.25, 0.3) is 0 Å². The molecule has 0 spiro atoms. The summed E-state index contributed by atoms with van der Waals surface area (Å²) in [5.41, 5.74) is 0.0796. The SMILES string of the molecule is CCCC1C(C)(C)C(OC2CC(O)CC(COC3CC(O)CC(CO)O3)O2)CCC1(C)C1CCCC(C)(CCC(C)C(=CCC(O)C(C)(C)O)CO)C1. The van der Waals surface area contributed by atoms with E-state index in [1.54, 1.807) is 13.8 Å². The topological polar surface area (TPSA) is 158 Å². The van der Waals surface area contributed by atoms with Crippen molar-refractivity contribution in [1.29, 1.82) is 0 Å². The van der Waals surface area contributed by atoms with E-state index < -0.39 is 42.6 Å². The lowest BCUT2D eigenvalue weighted by Crippen LogP contribution is -2.55. The number of rotatable bonds is 17. The molecule has 4 rings (SSSR count). The zero-order chi connectivity index (χ0) is 39.2. The van der Waals surface area contributed by atoms with E-state index in [2.05, 4.69) is 41.5 Å². The number of hydrogen-bond acceptors (Lipinski definition) is 10. The third kappa shape index (κ3) is 11.9. The summed E-state index contributed by atoms with van der Waals surface area (Å²) in [5.74, 6) is 1.29. The highest BCUT2D eigenvalue weighted by atomic mass is 16.7. The van der Waals surface area contributed by atoms with Crippen LogP contribution >= 0.6 is 0 Å². The summed E-state index contributed by atoms with van der Waals surface area (Å²) in [7, 11) is 0. The quantitative estimate of drug-likeness (QED) is 0.0918. The predicted octanol–water partition coefficient (Wildman–Crippen LogP) is 6.41. The van der Waals surface area contributed by atoms with Gasteiger partial charge in [-0.25, -0.2) is 0 Å². The van der Waals surface area contributed by atoms with Crippen molar-refractivity contribution >= 4 is 0 Å². The summed E-state index contributed by atoms with van der Waals surface area (Å²) in [6.07, 6.45) is 11.2. The fourth-order valence-corrected chi connectivity index (χ4v) is 10.6. The van der Waals surface area contributed by atoms with E-state index in [1.165, 1.54) is 25.7 Å². The smallest absolute Gasteiger partial charge is 0.160 e. The van der Waals surface area contributed by atoms with E-state index in [-0.39, 0.29) is 54.2 Å². The van der Waals surface area contributed by atoms with Crippen LogP contribution in [0.5, 0.6) is 0 Å². The average molecular weight is 755 g/mol. The van der Waals surface area contributed by atoms with Crippen molar-refractivity contribution in [1.82, 2.24) is 0 Å². The van der Waals surface area contributed by atoms with Crippen molar-refractivity contribution in [2.75, 3.05) is 19.8 Å². The highest BCUT2D eigenvalue weighted by Crippen LogP contribution is 2.62. The molecular formula is C43H78O10. The third-order valence-electron chi connectivity index (χ3n) is 14.1. The molecule has 310 valence electrons. The lowest BCUT2D eigenvalue weighted by molar-refractivity contribution is -0.285. The molecule has 0 amide bonds. The van der Waals surface area contributed by atoms with Gasteiger partial charge in [-0.2, -0.15) is 0 Å². The molecule has 0 aromatic rings. The lowest BCUT2D eigenvalue weighted by Gasteiger charge is -2.60. The Bertz CT molecular complexity index is 1140. The first-order valence-corrected chi connectivity index (χ1v) is 21.1. The van der Waals surface area contributed by atoms with E-state index in [9.17, 15) is 30.6 Å². The molecule has 0 aromatic heterocycles. The molecule has 2 aliphatic heterocycles. The molecule has 2 saturated heterocycles. The molecule has 13 unspecified atom stereocenters. The Balaban J connectivity index is 1.37. The van der Waals surface area contributed by atoms with Crippen molar-refractivity contribution in [3.63, 3.8) is 0 Å². The summed E-state index contributed by atoms with van der Waals surface area (Å²) in [6, 6.07) is 0. The third-order valence-corrected chi connectivity index (χ3v) is 14.1. The molecule has 0 radical (unpaired) electrons. The van der Waals surface area contributed by atoms with Gasteiger partial charge in [0.05, 0.1) is 62.0 Å². The molecular weight excluding hydrogens is 676 g/mol. The molecule has 4 aliphatic rings. The monoisotopic (exact) mass is 755 g/mol. The highest BCUT2D eigenvalue weighted by Gasteiger charge is 2.56. The minimum Gasteiger partial charge on any atom is -0.394 e. The molecule has 10 nitrogen and oxygen atoms in total. The molecule has 4 fully saturated rings. The fraction of sp³-hybridized carbons (Fsp3) is 0.953. The minimum atomic E-state index is -1.18. The Labute approximate surface area is 321 Å². The van der Waals surface area contributed by atoms with Gasteiger partial charge in [0.15, 0.2) is 12.6 Å².